The largest absolute Gasteiger partial charge is 0.427 e. The Labute approximate surface area is 139 Å². The summed E-state index contributed by atoms with van der Waals surface area (Å²) in [5, 5.41) is 17.0. The van der Waals surface area contributed by atoms with Crippen LogP contribution < -0.4 is 5.32 Å². The van der Waals surface area contributed by atoms with Crippen molar-refractivity contribution >= 4 is 0 Å². The molecule has 1 rings (SSSR count). The molecule has 1 atom stereocenters. The maximum Gasteiger partial charge on any atom is 0.427 e. The molecule has 0 aromatic rings. The average molecular weight is 343 g/mol. The Morgan fingerprint density at radius 2 is 1.71 bits per heavy atom. The van der Waals surface area contributed by atoms with E-state index in [0.29, 0.717) is 39.6 Å². The lowest BCUT2D eigenvalue weighted by Gasteiger charge is -2.23. The molecule has 24 heavy (non-hydrogen) atoms. The van der Waals surface area contributed by atoms with Crippen LogP contribution in [0, 0.1) is 10.1 Å². The highest BCUT2D eigenvalue weighted by Gasteiger charge is 2.41. The summed E-state index contributed by atoms with van der Waals surface area (Å²) >= 11 is 0. The van der Waals surface area contributed by atoms with E-state index in [1.807, 2.05) is 0 Å². The zero-order chi connectivity index (χ0) is 17.5. The number of nitro groups is 1. The fourth-order valence-electron chi connectivity index (χ4n) is 1.66. The van der Waals surface area contributed by atoms with Crippen LogP contribution in [0.4, 0.5) is 0 Å². The van der Waals surface area contributed by atoms with E-state index < -0.39 is 10.8 Å². The molecular formula is C13H21N5O6. The molecule has 0 saturated carbocycles. The number of rotatable bonds is 14. The number of ether oxygens (including phenoxy) is 4. The van der Waals surface area contributed by atoms with E-state index in [0.717, 1.165) is 0 Å². The van der Waals surface area contributed by atoms with Gasteiger partial charge in [-0.15, -0.1) is 0 Å². The summed E-state index contributed by atoms with van der Waals surface area (Å²) in [5.41, 5.74) is 8.06. The monoisotopic (exact) mass is 343 g/mol. The molecule has 0 saturated heterocycles. The summed E-state index contributed by atoms with van der Waals surface area (Å²) < 4.78 is 20.9. The molecule has 0 aromatic heterocycles. The van der Waals surface area contributed by atoms with E-state index >= 15 is 0 Å². The minimum absolute atomic E-state index is 0.0642. The summed E-state index contributed by atoms with van der Waals surface area (Å²) in [6.45, 7) is 2.46. The summed E-state index contributed by atoms with van der Waals surface area (Å²) in [7, 11) is 0. The first kappa shape index (κ1) is 19.9. The number of azide groups is 1. The van der Waals surface area contributed by atoms with Crippen molar-refractivity contribution < 1.29 is 23.9 Å². The van der Waals surface area contributed by atoms with Gasteiger partial charge in [-0.2, -0.15) is 0 Å². The molecule has 0 radical (unpaired) electrons. The zero-order valence-electron chi connectivity index (χ0n) is 13.2. The number of dihydropyridines is 1. The summed E-state index contributed by atoms with van der Waals surface area (Å²) in [6, 6.07) is 0. The van der Waals surface area contributed by atoms with Crippen molar-refractivity contribution in [2.45, 2.75) is 5.85 Å². The van der Waals surface area contributed by atoms with Crippen LogP contribution in [0.1, 0.15) is 0 Å². The van der Waals surface area contributed by atoms with Crippen LogP contribution in [0.2, 0.25) is 0 Å². The highest BCUT2D eigenvalue weighted by atomic mass is 16.7. The Balaban J connectivity index is 1.95. The fourth-order valence-corrected chi connectivity index (χ4v) is 1.66. The average Bonchev–Trinajstić information content (AvgIpc) is 2.59. The van der Waals surface area contributed by atoms with Gasteiger partial charge in [-0.1, -0.05) is 11.2 Å². The molecule has 11 nitrogen and oxygen atoms in total. The molecule has 1 heterocycles. The quantitative estimate of drug-likeness (QED) is 0.0941. The predicted octanol–water partition coefficient (Wildman–Crippen LogP) is 0.967. The van der Waals surface area contributed by atoms with Crippen LogP contribution >= 0.6 is 0 Å². The molecule has 1 unspecified atom stereocenters. The minimum atomic E-state index is -1.73. The summed E-state index contributed by atoms with van der Waals surface area (Å²) in [5.74, 6) is -1.73. The first-order valence-corrected chi connectivity index (χ1v) is 7.36. The smallest absolute Gasteiger partial charge is 0.379 e. The van der Waals surface area contributed by atoms with Crippen LogP contribution in [0.3, 0.4) is 0 Å². The topological polar surface area (TPSA) is 141 Å². The maximum absolute atomic E-state index is 11.1. The van der Waals surface area contributed by atoms with Crippen molar-refractivity contribution in [3.05, 3.63) is 45.0 Å². The molecule has 0 bridgehead atoms. The van der Waals surface area contributed by atoms with Crippen LogP contribution in [0.15, 0.2) is 29.5 Å². The van der Waals surface area contributed by atoms with Gasteiger partial charge in [-0.3, -0.25) is 20.2 Å². The van der Waals surface area contributed by atoms with E-state index in [4.69, 9.17) is 24.5 Å². The normalized spacial score (nSPS) is 18.8. The second-order valence-electron chi connectivity index (χ2n) is 4.46. The second kappa shape index (κ2) is 12.3. The number of allylic oxidation sites excluding steroid dienone is 2. The highest BCUT2D eigenvalue weighted by molar-refractivity contribution is 5.12. The van der Waals surface area contributed by atoms with Crippen molar-refractivity contribution in [1.29, 1.82) is 0 Å². The fraction of sp³-hybridized carbons (Fsp3) is 0.692. The number of hydrogen-bond acceptors (Lipinski definition) is 8. The van der Waals surface area contributed by atoms with E-state index in [1.165, 1.54) is 12.3 Å². The number of nitrogens with zero attached hydrogens (tertiary/aromatic N) is 4. The van der Waals surface area contributed by atoms with Gasteiger partial charge in [-0.25, -0.2) is 0 Å². The first-order chi connectivity index (χ1) is 11.7. The van der Waals surface area contributed by atoms with Gasteiger partial charge in [-0.05, 0) is 11.6 Å². The third kappa shape index (κ3) is 7.90. The third-order valence-corrected chi connectivity index (χ3v) is 2.78. The Kier molecular flexibility index (Phi) is 10.2. The van der Waals surface area contributed by atoms with Gasteiger partial charge in [0.1, 0.15) is 0 Å². The molecule has 0 aliphatic carbocycles. The zero-order valence-corrected chi connectivity index (χ0v) is 13.2. The van der Waals surface area contributed by atoms with Gasteiger partial charge in [0.05, 0.1) is 51.2 Å². The molecule has 11 heteroatoms. The Hall–Kier alpha value is -2.17. The van der Waals surface area contributed by atoms with Gasteiger partial charge in [0.15, 0.2) is 0 Å². The number of nitrogens with one attached hydrogen (secondary N) is 1. The molecule has 1 aliphatic heterocycles. The van der Waals surface area contributed by atoms with Crippen LogP contribution in [-0.2, 0) is 18.9 Å². The van der Waals surface area contributed by atoms with Gasteiger partial charge in [0, 0.05) is 23.7 Å². The molecular weight excluding hydrogens is 322 g/mol. The molecule has 0 amide bonds. The minimum Gasteiger partial charge on any atom is -0.379 e. The van der Waals surface area contributed by atoms with E-state index in [2.05, 4.69) is 15.3 Å². The second-order valence-corrected chi connectivity index (χ2v) is 4.46. The SMILES string of the molecule is [N-]=[N+]=NCCOCCOCCOCCOC1([N+](=O)[O-])C=CC=CN1. The molecule has 0 fully saturated rings. The van der Waals surface area contributed by atoms with Gasteiger partial charge in [0.2, 0.25) is 0 Å². The van der Waals surface area contributed by atoms with Crippen molar-refractivity contribution in [1.82, 2.24) is 5.32 Å². The van der Waals surface area contributed by atoms with E-state index in [1.54, 1.807) is 12.2 Å². The van der Waals surface area contributed by atoms with Gasteiger partial charge < -0.3 is 14.2 Å². The standard InChI is InChI=1S/C13H21N5O6/c14-17-16-5-6-21-7-8-22-9-10-23-11-12-24-13(18(19)20)3-1-2-4-15-13/h1-4,15H,5-12H2. The maximum atomic E-state index is 11.1. The van der Waals surface area contributed by atoms with E-state index in [-0.39, 0.29) is 13.2 Å². The van der Waals surface area contributed by atoms with Gasteiger partial charge in [0.25, 0.3) is 0 Å². The lowest BCUT2D eigenvalue weighted by atomic mass is 10.3. The number of hydrogen-bond donors (Lipinski definition) is 1. The van der Waals surface area contributed by atoms with Crippen molar-refractivity contribution in [3.8, 4) is 0 Å². The summed E-state index contributed by atoms with van der Waals surface area (Å²) in [4.78, 5) is 13.1. The Bertz CT molecular complexity index is 479. The first-order valence-electron chi connectivity index (χ1n) is 7.36. The molecule has 1 aliphatic rings. The Morgan fingerprint density at radius 3 is 2.25 bits per heavy atom. The Morgan fingerprint density at radius 1 is 1.08 bits per heavy atom. The molecule has 0 spiro atoms. The molecule has 134 valence electrons. The van der Waals surface area contributed by atoms with Crippen molar-refractivity contribution in [2.75, 3.05) is 52.8 Å². The summed E-state index contributed by atoms with van der Waals surface area (Å²) in [6.07, 6.45) is 5.96. The van der Waals surface area contributed by atoms with Crippen LogP contribution in [0.5, 0.6) is 0 Å². The van der Waals surface area contributed by atoms with Gasteiger partial charge >= 0.3 is 5.85 Å². The lowest BCUT2D eigenvalue weighted by Crippen LogP contribution is -2.51. The van der Waals surface area contributed by atoms with Crippen LogP contribution in [0.25, 0.3) is 10.4 Å². The van der Waals surface area contributed by atoms with Crippen molar-refractivity contribution in [3.63, 3.8) is 0 Å². The van der Waals surface area contributed by atoms with Crippen LogP contribution in [-0.4, -0.2) is 63.6 Å². The molecule has 0 aromatic carbocycles. The third-order valence-electron chi connectivity index (χ3n) is 2.78. The lowest BCUT2D eigenvalue weighted by molar-refractivity contribution is -0.620. The van der Waals surface area contributed by atoms with E-state index in [9.17, 15) is 10.1 Å². The van der Waals surface area contributed by atoms with Crippen molar-refractivity contribution in [2.24, 2.45) is 5.11 Å². The predicted molar refractivity (Wildman–Crippen MR) is 83.6 cm³/mol. The molecule has 1 N–H and O–H groups in total. The highest BCUT2D eigenvalue weighted by Crippen LogP contribution is 2.13.